The number of carboxylic acids is 1. The Labute approximate surface area is 107 Å². The number of nitrogens with one attached hydrogen (secondary N) is 1. The minimum atomic E-state index is -1.22. The number of pyridine rings is 1. The number of H-pyrrole nitrogens is 1. The van der Waals surface area contributed by atoms with Crippen LogP contribution in [0, 0.1) is 5.82 Å². The summed E-state index contributed by atoms with van der Waals surface area (Å²) in [7, 11) is 1.34. The van der Waals surface area contributed by atoms with Crippen LogP contribution in [0.5, 0.6) is 5.75 Å². The topological polar surface area (TPSA) is 79.4 Å². The molecule has 98 valence electrons. The van der Waals surface area contributed by atoms with Crippen molar-refractivity contribution in [2.75, 3.05) is 7.11 Å². The van der Waals surface area contributed by atoms with Gasteiger partial charge in [-0.3, -0.25) is 4.79 Å². The molecule has 0 unspecified atom stereocenters. The second kappa shape index (κ2) is 4.93. The number of carboxylic acid groups (broad SMARTS) is 1. The van der Waals surface area contributed by atoms with Gasteiger partial charge in [-0.2, -0.15) is 0 Å². The van der Waals surface area contributed by atoms with Crippen LogP contribution < -0.4 is 10.3 Å². The fraction of sp³-hybridized carbons (Fsp3) is 0.0769. The van der Waals surface area contributed by atoms with E-state index in [9.17, 15) is 14.0 Å². The summed E-state index contributed by atoms with van der Waals surface area (Å²) in [5, 5.41) is 8.87. The number of rotatable bonds is 3. The first-order valence-corrected chi connectivity index (χ1v) is 5.33. The van der Waals surface area contributed by atoms with Gasteiger partial charge in [-0.25, -0.2) is 9.18 Å². The minimum absolute atomic E-state index is 0.0699. The van der Waals surface area contributed by atoms with Gasteiger partial charge in [-0.1, -0.05) is 0 Å². The molecule has 0 aliphatic carbocycles. The summed E-state index contributed by atoms with van der Waals surface area (Å²) >= 11 is 0. The molecule has 2 rings (SSSR count). The van der Waals surface area contributed by atoms with Crippen LogP contribution in [-0.4, -0.2) is 23.2 Å². The third-order valence-corrected chi connectivity index (χ3v) is 2.55. The molecule has 19 heavy (non-hydrogen) atoms. The van der Waals surface area contributed by atoms with Crippen molar-refractivity contribution in [1.29, 1.82) is 0 Å². The highest BCUT2D eigenvalue weighted by Crippen LogP contribution is 2.24. The number of hydrogen-bond acceptors (Lipinski definition) is 3. The zero-order valence-corrected chi connectivity index (χ0v) is 9.94. The van der Waals surface area contributed by atoms with Gasteiger partial charge >= 0.3 is 5.97 Å². The molecule has 0 aliphatic rings. The van der Waals surface area contributed by atoms with Gasteiger partial charge in [0.15, 0.2) is 11.6 Å². The number of carbonyl (C=O) groups is 1. The first-order chi connectivity index (χ1) is 9.01. The Morgan fingerprint density at radius 1 is 1.32 bits per heavy atom. The quantitative estimate of drug-likeness (QED) is 0.886. The first kappa shape index (κ1) is 12.8. The molecule has 0 amide bonds. The third-order valence-electron chi connectivity index (χ3n) is 2.55. The summed E-state index contributed by atoms with van der Waals surface area (Å²) in [6.07, 6.45) is 0. The molecule has 0 bridgehead atoms. The van der Waals surface area contributed by atoms with Crippen molar-refractivity contribution in [3.63, 3.8) is 0 Å². The summed E-state index contributed by atoms with van der Waals surface area (Å²) < 4.78 is 18.3. The van der Waals surface area contributed by atoms with Crippen molar-refractivity contribution in [3.8, 4) is 17.0 Å². The lowest BCUT2D eigenvalue weighted by molar-refractivity contribution is 0.0696. The molecule has 5 nitrogen and oxygen atoms in total. The molecule has 0 saturated heterocycles. The van der Waals surface area contributed by atoms with Gasteiger partial charge in [0, 0.05) is 17.3 Å². The minimum Gasteiger partial charge on any atom is -0.494 e. The van der Waals surface area contributed by atoms with Gasteiger partial charge in [-0.05, 0) is 24.3 Å². The summed E-state index contributed by atoms with van der Waals surface area (Å²) in [6, 6.07) is 6.32. The van der Waals surface area contributed by atoms with Gasteiger partial charge in [-0.15, -0.1) is 0 Å². The van der Waals surface area contributed by atoms with Crippen LogP contribution in [0.2, 0.25) is 0 Å². The Hall–Kier alpha value is -2.63. The zero-order valence-electron chi connectivity index (χ0n) is 9.94. The molecule has 0 fully saturated rings. The predicted molar refractivity (Wildman–Crippen MR) is 66.0 cm³/mol. The number of aromatic amines is 1. The van der Waals surface area contributed by atoms with E-state index in [4.69, 9.17) is 9.84 Å². The summed E-state index contributed by atoms with van der Waals surface area (Å²) in [5.41, 5.74) is -0.133. The van der Waals surface area contributed by atoms with Crippen LogP contribution in [0.3, 0.4) is 0 Å². The van der Waals surface area contributed by atoms with Crippen molar-refractivity contribution in [2.24, 2.45) is 0 Å². The van der Waals surface area contributed by atoms with Gasteiger partial charge in [0.2, 0.25) is 5.56 Å². The van der Waals surface area contributed by atoms with Crippen LogP contribution in [0.4, 0.5) is 4.39 Å². The molecule has 0 saturated carbocycles. The zero-order chi connectivity index (χ0) is 14.0. The lowest BCUT2D eigenvalue weighted by Crippen LogP contribution is -2.10. The molecule has 1 heterocycles. The number of halogens is 1. The van der Waals surface area contributed by atoms with Crippen molar-refractivity contribution < 1.29 is 19.0 Å². The molecule has 1 aromatic heterocycles. The van der Waals surface area contributed by atoms with Crippen molar-refractivity contribution in [1.82, 2.24) is 4.98 Å². The van der Waals surface area contributed by atoms with E-state index in [-0.39, 0.29) is 17.0 Å². The first-order valence-electron chi connectivity index (χ1n) is 5.33. The number of ether oxygens (including phenoxy) is 1. The number of methoxy groups -OCH3 is 1. The Balaban J connectivity index is 2.55. The summed E-state index contributed by atoms with van der Waals surface area (Å²) in [5.74, 6) is -1.75. The fourth-order valence-corrected chi connectivity index (χ4v) is 1.66. The highest BCUT2D eigenvalue weighted by atomic mass is 19.1. The SMILES string of the molecule is COc1ccc(-c2cc(C(=O)O)cc(=O)[nH]2)cc1F. The maximum atomic E-state index is 13.6. The number of benzene rings is 1. The van der Waals surface area contributed by atoms with Crippen LogP contribution in [0.25, 0.3) is 11.3 Å². The number of aromatic carboxylic acids is 1. The molecule has 0 atom stereocenters. The molecule has 1 aromatic carbocycles. The maximum absolute atomic E-state index is 13.6. The Morgan fingerprint density at radius 2 is 2.05 bits per heavy atom. The monoisotopic (exact) mass is 263 g/mol. The molecule has 2 N–H and O–H groups in total. The van der Waals surface area contributed by atoms with E-state index >= 15 is 0 Å². The van der Waals surface area contributed by atoms with E-state index in [1.165, 1.54) is 25.3 Å². The van der Waals surface area contributed by atoms with Gasteiger partial charge < -0.3 is 14.8 Å². The molecule has 6 heteroatoms. The fourth-order valence-electron chi connectivity index (χ4n) is 1.66. The average molecular weight is 263 g/mol. The molecular weight excluding hydrogens is 253 g/mol. The van der Waals surface area contributed by atoms with Crippen LogP contribution in [0.15, 0.2) is 35.1 Å². The second-order valence-corrected chi connectivity index (χ2v) is 3.80. The summed E-state index contributed by atoms with van der Waals surface area (Å²) in [4.78, 5) is 24.7. The third kappa shape index (κ3) is 2.62. The maximum Gasteiger partial charge on any atom is 0.335 e. The van der Waals surface area contributed by atoms with Crippen molar-refractivity contribution in [3.05, 3.63) is 52.1 Å². The molecule has 0 aliphatic heterocycles. The Bertz CT molecular complexity index is 693. The molecule has 0 spiro atoms. The van der Waals surface area contributed by atoms with E-state index in [0.29, 0.717) is 5.56 Å². The highest BCUT2D eigenvalue weighted by molar-refractivity contribution is 5.88. The Kier molecular flexibility index (Phi) is 3.33. The average Bonchev–Trinajstić information content (AvgIpc) is 2.37. The van der Waals surface area contributed by atoms with E-state index in [2.05, 4.69) is 4.98 Å². The molecule has 0 radical (unpaired) electrons. The van der Waals surface area contributed by atoms with Crippen molar-refractivity contribution in [2.45, 2.75) is 0 Å². The highest BCUT2D eigenvalue weighted by Gasteiger charge is 2.10. The van der Waals surface area contributed by atoms with Crippen LogP contribution in [-0.2, 0) is 0 Å². The smallest absolute Gasteiger partial charge is 0.335 e. The van der Waals surface area contributed by atoms with Crippen LogP contribution >= 0.6 is 0 Å². The normalized spacial score (nSPS) is 10.2. The number of aromatic nitrogens is 1. The second-order valence-electron chi connectivity index (χ2n) is 3.80. The van der Waals surface area contributed by atoms with E-state index in [1.807, 2.05) is 0 Å². The van der Waals surface area contributed by atoms with Crippen molar-refractivity contribution >= 4 is 5.97 Å². The summed E-state index contributed by atoms with van der Waals surface area (Å²) in [6.45, 7) is 0. The standard InChI is InChI=1S/C13H10FNO4/c1-19-11-3-2-7(4-9(11)14)10-5-8(13(17)18)6-12(16)15-10/h2-6H,1H3,(H,15,16)(H,17,18). The molecule has 2 aromatic rings. The van der Waals surface area contributed by atoms with E-state index in [0.717, 1.165) is 12.1 Å². The van der Waals surface area contributed by atoms with Gasteiger partial charge in [0.1, 0.15) is 0 Å². The number of hydrogen-bond donors (Lipinski definition) is 2. The predicted octanol–water partition coefficient (Wildman–Crippen LogP) is 1.89. The van der Waals surface area contributed by atoms with Gasteiger partial charge in [0.25, 0.3) is 0 Å². The van der Waals surface area contributed by atoms with Gasteiger partial charge in [0.05, 0.1) is 12.7 Å². The largest absolute Gasteiger partial charge is 0.494 e. The molecular formula is C13H10FNO4. The van der Waals surface area contributed by atoms with E-state index in [1.54, 1.807) is 0 Å². The lowest BCUT2D eigenvalue weighted by atomic mass is 10.1. The van der Waals surface area contributed by atoms with Crippen LogP contribution in [0.1, 0.15) is 10.4 Å². The Morgan fingerprint density at radius 3 is 2.63 bits per heavy atom. The van der Waals surface area contributed by atoms with E-state index < -0.39 is 17.3 Å². The lowest BCUT2D eigenvalue weighted by Gasteiger charge is -2.06.